The zero-order chi connectivity index (χ0) is 18.0. The van der Waals surface area contributed by atoms with Crippen molar-refractivity contribution in [2.24, 2.45) is 0 Å². The van der Waals surface area contributed by atoms with Crippen LogP contribution in [0.25, 0.3) is 0 Å². The number of hydrogen-bond acceptors (Lipinski definition) is 3. The van der Waals surface area contributed by atoms with Gasteiger partial charge in [-0.2, -0.15) is 18.3 Å². The van der Waals surface area contributed by atoms with Gasteiger partial charge in [0.15, 0.2) is 5.82 Å². The van der Waals surface area contributed by atoms with Crippen molar-refractivity contribution in [1.29, 1.82) is 0 Å². The number of carbonyl (C=O) groups is 1. The molecule has 0 saturated carbocycles. The second kappa shape index (κ2) is 6.85. The van der Waals surface area contributed by atoms with Crippen LogP contribution in [0, 0.1) is 6.92 Å². The van der Waals surface area contributed by atoms with Gasteiger partial charge in [-0.25, -0.2) is 4.98 Å². The summed E-state index contributed by atoms with van der Waals surface area (Å²) in [4.78, 5) is 18.4. The van der Waals surface area contributed by atoms with Gasteiger partial charge in [-0.1, -0.05) is 18.2 Å². The summed E-state index contributed by atoms with van der Waals surface area (Å²) in [6.45, 7) is 2.97. The lowest BCUT2D eigenvalue weighted by molar-refractivity contribution is -0.138. The van der Waals surface area contributed by atoms with E-state index in [1.165, 1.54) is 6.07 Å². The number of H-pyrrole nitrogens is 1. The van der Waals surface area contributed by atoms with Crippen LogP contribution >= 0.6 is 0 Å². The molecule has 2 aromatic rings. The molecule has 134 valence electrons. The number of rotatable bonds is 3. The molecule has 1 aromatic carbocycles. The normalized spacial score (nSPS) is 16.2. The van der Waals surface area contributed by atoms with Gasteiger partial charge in [0.2, 0.25) is 5.91 Å². The van der Waals surface area contributed by atoms with Gasteiger partial charge in [-0.05, 0) is 31.4 Å². The van der Waals surface area contributed by atoms with E-state index in [0.717, 1.165) is 36.6 Å². The summed E-state index contributed by atoms with van der Waals surface area (Å²) in [6.07, 6.45) is -2.91. The molecule has 1 aliphatic rings. The number of halogens is 3. The maximum absolute atomic E-state index is 12.8. The van der Waals surface area contributed by atoms with Gasteiger partial charge in [0.05, 0.1) is 12.0 Å². The van der Waals surface area contributed by atoms with E-state index in [1.807, 2.05) is 6.92 Å². The maximum Gasteiger partial charge on any atom is 0.416 e. The molecule has 0 aliphatic carbocycles. The fourth-order valence-corrected chi connectivity index (χ4v) is 3.07. The number of nitrogens with one attached hydrogen (secondary N) is 1. The van der Waals surface area contributed by atoms with E-state index in [9.17, 15) is 18.0 Å². The summed E-state index contributed by atoms with van der Waals surface area (Å²) in [5.41, 5.74) is -0.344. The van der Waals surface area contributed by atoms with Gasteiger partial charge in [0.25, 0.3) is 0 Å². The molecule has 1 fully saturated rings. The molecule has 0 radical (unpaired) electrons. The van der Waals surface area contributed by atoms with Crippen molar-refractivity contribution in [1.82, 2.24) is 20.1 Å². The van der Waals surface area contributed by atoms with Crippen LogP contribution in [0.2, 0.25) is 0 Å². The van der Waals surface area contributed by atoms with E-state index in [4.69, 9.17) is 0 Å². The van der Waals surface area contributed by atoms with E-state index < -0.39 is 11.7 Å². The Bertz CT molecular complexity index is 748. The number of likely N-dealkylation sites (tertiary alicyclic amines) is 1. The van der Waals surface area contributed by atoms with Crippen LogP contribution in [-0.4, -0.2) is 39.1 Å². The number of amides is 1. The van der Waals surface area contributed by atoms with Crippen LogP contribution in [0.1, 0.15) is 41.5 Å². The van der Waals surface area contributed by atoms with Crippen molar-refractivity contribution in [3.8, 4) is 0 Å². The summed E-state index contributed by atoms with van der Waals surface area (Å²) < 4.78 is 38.3. The lowest BCUT2D eigenvalue weighted by atomic mass is 9.95. The zero-order valence-corrected chi connectivity index (χ0v) is 13.8. The van der Waals surface area contributed by atoms with E-state index in [2.05, 4.69) is 15.2 Å². The topological polar surface area (TPSA) is 61.9 Å². The zero-order valence-electron chi connectivity index (χ0n) is 13.8. The summed E-state index contributed by atoms with van der Waals surface area (Å²) in [5, 5.41) is 6.98. The number of alkyl halides is 3. The molecule has 1 N–H and O–H groups in total. The van der Waals surface area contributed by atoms with E-state index in [0.29, 0.717) is 18.7 Å². The number of aryl methyl sites for hydroxylation is 1. The molecule has 0 spiro atoms. The van der Waals surface area contributed by atoms with Crippen molar-refractivity contribution in [3.63, 3.8) is 0 Å². The molecule has 1 aliphatic heterocycles. The van der Waals surface area contributed by atoms with Crippen molar-refractivity contribution in [2.75, 3.05) is 13.1 Å². The van der Waals surface area contributed by atoms with E-state index in [1.54, 1.807) is 11.0 Å². The molecule has 25 heavy (non-hydrogen) atoms. The minimum atomic E-state index is -4.40. The lowest BCUT2D eigenvalue weighted by Crippen LogP contribution is -2.39. The summed E-state index contributed by atoms with van der Waals surface area (Å²) in [6, 6.07) is 4.94. The first kappa shape index (κ1) is 17.4. The van der Waals surface area contributed by atoms with Crippen molar-refractivity contribution in [3.05, 3.63) is 47.0 Å². The molecule has 0 atom stereocenters. The van der Waals surface area contributed by atoms with Gasteiger partial charge in [0.1, 0.15) is 5.82 Å². The standard InChI is InChI=1S/C17H19F3N4O/c1-11-21-16(23-22-11)13-5-7-24(8-6-13)15(25)10-12-3-2-4-14(9-12)17(18,19)20/h2-4,9,13H,5-8,10H2,1H3,(H,21,22,23). The Morgan fingerprint density at radius 2 is 2.04 bits per heavy atom. The summed E-state index contributed by atoms with van der Waals surface area (Å²) in [7, 11) is 0. The quantitative estimate of drug-likeness (QED) is 0.923. The highest BCUT2D eigenvalue weighted by molar-refractivity contribution is 5.79. The molecule has 2 heterocycles. The van der Waals surface area contributed by atoms with Crippen LogP contribution in [-0.2, 0) is 17.4 Å². The predicted molar refractivity (Wildman–Crippen MR) is 84.8 cm³/mol. The number of hydrogen-bond donors (Lipinski definition) is 1. The second-order valence-electron chi connectivity index (χ2n) is 6.31. The first-order valence-electron chi connectivity index (χ1n) is 8.16. The van der Waals surface area contributed by atoms with E-state index >= 15 is 0 Å². The molecule has 1 amide bonds. The third-order valence-electron chi connectivity index (χ3n) is 4.44. The van der Waals surface area contributed by atoms with Gasteiger partial charge in [-0.15, -0.1) is 0 Å². The average Bonchev–Trinajstić information content (AvgIpc) is 3.01. The Kier molecular flexibility index (Phi) is 4.78. The average molecular weight is 352 g/mol. The lowest BCUT2D eigenvalue weighted by Gasteiger charge is -2.31. The van der Waals surface area contributed by atoms with Gasteiger partial charge in [0, 0.05) is 19.0 Å². The minimum absolute atomic E-state index is 0.0195. The largest absolute Gasteiger partial charge is 0.416 e. The second-order valence-corrected chi connectivity index (χ2v) is 6.31. The maximum atomic E-state index is 12.8. The summed E-state index contributed by atoms with van der Waals surface area (Å²) in [5.74, 6) is 1.59. The molecule has 0 bridgehead atoms. The third kappa shape index (κ3) is 4.18. The van der Waals surface area contributed by atoms with Crippen LogP contribution in [0.15, 0.2) is 24.3 Å². The van der Waals surface area contributed by atoms with Crippen molar-refractivity contribution >= 4 is 5.91 Å². The van der Waals surface area contributed by atoms with Crippen LogP contribution in [0.3, 0.4) is 0 Å². The Morgan fingerprint density at radius 3 is 2.64 bits per heavy atom. The Morgan fingerprint density at radius 1 is 1.32 bits per heavy atom. The van der Waals surface area contributed by atoms with Gasteiger partial charge >= 0.3 is 6.18 Å². The van der Waals surface area contributed by atoms with Crippen LogP contribution in [0.5, 0.6) is 0 Å². The Balaban J connectivity index is 1.58. The molecule has 0 unspecified atom stereocenters. The molecule has 3 rings (SSSR count). The number of aromatic nitrogens is 3. The monoisotopic (exact) mass is 352 g/mol. The Hall–Kier alpha value is -2.38. The molecule has 1 saturated heterocycles. The minimum Gasteiger partial charge on any atom is -0.342 e. The molecular formula is C17H19F3N4O. The predicted octanol–water partition coefficient (Wildman–Crippen LogP) is 3.08. The number of piperidine rings is 1. The molecule has 1 aromatic heterocycles. The van der Waals surface area contributed by atoms with E-state index in [-0.39, 0.29) is 18.2 Å². The van der Waals surface area contributed by atoms with Crippen LogP contribution in [0.4, 0.5) is 13.2 Å². The number of nitrogens with zero attached hydrogens (tertiary/aromatic N) is 3. The van der Waals surface area contributed by atoms with Gasteiger partial charge < -0.3 is 4.90 Å². The van der Waals surface area contributed by atoms with Crippen molar-refractivity contribution < 1.29 is 18.0 Å². The first-order chi connectivity index (χ1) is 11.8. The smallest absolute Gasteiger partial charge is 0.342 e. The molecule has 5 nitrogen and oxygen atoms in total. The Labute approximate surface area is 143 Å². The highest BCUT2D eigenvalue weighted by Crippen LogP contribution is 2.30. The molecular weight excluding hydrogens is 333 g/mol. The number of aromatic amines is 1. The number of carbonyl (C=O) groups excluding carboxylic acids is 1. The first-order valence-corrected chi connectivity index (χ1v) is 8.16. The van der Waals surface area contributed by atoms with Gasteiger partial charge in [-0.3, -0.25) is 9.89 Å². The van der Waals surface area contributed by atoms with Crippen LogP contribution < -0.4 is 0 Å². The highest BCUT2D eigenvalue weighted by Gasteiger charge is 2.31. The molecule has 8 heteroatoms. The fourth-order valence-electron chi connectivity index (χ4n) is 3.07. The summed E-state index contributed by atoms with van der Waals surface area (Å²) >= 11 is 0. The fraction of sp³-hybridized carbons (Fsp3) is 0.471. The highest BCUT2D eigenvalue weighted by atomic mass is 19.4. The van der Waals surface area contributed by atoms with Crippen molar-refractivity contribution in [2.45, 2.75) is 38.3 Å². The third-order valence-corrected chi connectivity index (χ3v) is 4.44. The number of benzene rings is 1. The SMILES string of the molecule is Cc1nc(C2CCN(C(=O)Cc3cccc(C(F)(F)F)c3)CC2)n[nH]1.